The summed E-state index contributed by atoms with van der Waals surface area (Å²) in [5, 5.41) is 17.4. The van der Waals surface area contributed by atoms with Crippen LogP contribution in [-0.4, -0.2) is 51.5 Å². The number of halogens is 1. The minimum atomic E-state index is -1.12. The first-order chi connectivity index (χ1) is 13.8. The van der Waals surface area contributed by atoms with E-state index in [1.165, 1.54) is 16.7 Å². The summed E-state index contributed by atoms with van der Waals surface area (Å²) in [6.45, 7) is 1.70. The first-order valence-electron chi connectivity index (χ1n) is 8.95. The van der Waals surface area contributed by atoms with Gasteiger partial charge in [0.05, 0.1) is 6.54 Å². The molecule has 1 unspecified atom stereocenters. The molecule has 9 heteroatoms. The summed E-state index contributed by atoms with van der Waals surface area (Å²) in [5.41, 5.74) is 1.45. The van der Waals surface area contributed by atoms with Crippen molar-refractivity contribution in [2.24, 2.45) is 0 Å². The van der Waals surface area contributed by atoms with E-state index in [4.69, 9.17) is 11.6 Å². The Morgan fingerprint density at radius 3 is 2.72 bits per heavy atom. The number of fused-ring (bicyclic) bond motifs is 2. The number of aliphatic carboxylic acids is 1. The maximum atomic E-state index is 12.4. The lowest BCUT2D eigenvalue weighted by atomic mass is 10.0. The number of amides is 2. The predicted octanol–water partition coefficient (Wildman–Crippen LogP) is 2.66. The summed E-state index contributed by atoms with van der Waals surface area (Å²) in [6, 6.07) is 10.5. The van der Waals surface area contributed by atoms with Crippen LogP contribution in [0.4, 0.5) is 5.69 Å². The Labute approximate surface area is 176 Å². The molecule has 0 aromatic heterocycles. The first kappa shape index (κ1) is 19.6. The fourth-order valence-corrected chi connectivity index (χ4v) is 4.98. The molecule has 2 aromatic carbocycles. The number of carboxylic acids is 1. The van der Waals surface area contributed by atoms with Gasteiger partial charge in [-0.15, -0.1) is 11.8 Å². The van der Waals surface area contributed by atoms with Crippen molar-refractivity contribution in [1.82, 2.24) is 10.2 Å². The minimum absolute atomic E-state index is 0.000911. The van der Waals surface area contributed by atoms with Crippen LogP contribution in [0.1, 0.15) is 6.92 Å². The van der Waals surface area contributed by atoms with Crippen LogP contribution in [0.25, 0.3) is 10.8 Å². The van der Waals surface area contributed by atoms with Gasteiger partial charge in [-0.2, -0.15) is 0 Å². The zero-order chi connectivity index (χ0) is 20.7. The number of thioether (sulfide) groups is 1. The van der Waals surface area contributed by atoms with Gasteiger partial charge in [-0.1, -0.05) is 23.7 Å². The van der Waals surface area contributed by atoms with E-state index in [2.05, 4.69) is 10.6 Å². The van der Waals surface area contributed by atoms with Crippen molar-refractivity contribution < 1.29 is 19.5 Å². The molecule has 0 saturated carbocycles. The summed E-state index contributed by atoms with van der Waals surface area (Å²) in [7, 11) is 0. The number of anilines is 1. The topological polar surface area (TPSA) is 98.7 Å². The monoisotopic (exact) mass is 431 g/mol. The highest BCUT2D eigenvalue weighted by Crippen LogP contribution is 2.40. The number of β-lactam (4-membered cyclic amide) rings is 1. The van der Waals surface area contributed by atoms with Crippen LogP contribution >= 0.6 is 23.4 Å². The van der Waals surface area contributed by atoms with Crippen molar-refractivity contribution in [2.45, 2.75) is 18.3 Å². The summed E-state index contributed by atoms with van der Waals surface area (Å²) >= 11 is 7.44. The van der Waals surface area contributed by atoms with Gasteiger partial charge in [-0.25, -0.2) is 4.79 Å². The summed E-state index contributed by atoms with van der Waals surface area (Å²) in [4.78, 5) is 37.4. The molecule has 29 heavy (non-hydrogen) atoms. The molecule has 7 nitrogen and oxygen atoms in total. The third-order valence-electron chi connectivity index (χ3n) is 4.93. The van der Waals surface area contributed by atoms with Crippen LogP contribution in [-0.2, 0) is 14.4 Å². The molecule has 1 saturated heterocycles. The van der Waals surface area contributed by atoms with Gasteiger partial charge < -0.3 is 15.7 Å². The molecule has 0 bridgehead atoms. The van der Waals surface area contributed by atoms with Crippen LogP contribution in [0.2, 0.25) is 5.02 Å². The molecule has 0 aliphatic carbocycles. The Balaban J connectivity index is 1.37. The zero-order valence-electron chi connectivity index (χ0n) is 15.4. The second-order valence-electron chi connectivity index (χ2n) is 6.95. The lowest BCUT2D eigenvalue weighted by Gasteiger charge is -2.49. The number of carbonyl (C=O) groups excluding carboxylic acids is 2. The predicted molar refractivity (Wildman–Crippen MR) is 113 cm³/mol. The molecular formula is C20H18ClN3O4S. The number of benzene rings is 2. The number of nitrogens with zero attached hydrogens (tertiary/aromatic N) is 1. The molecule has 2 aromatic rings. The third kappa shape index (κ3) is 3.65. The van der Waals surface area contributed by atoms with Gasteiger partial charge in [0, 0.05) is 16.5 Å². The largest absolute Gasteiger partial charge is 0.477 e. The minimum Gasteiger partial charge on any atom is -0.477 e. The Kier molecular flexibility index (Phi) is 5.14. The highest BCUT2D eigenvalue weighted by atomic mass is 35.5. The van der Waals surface area contributed by atoms with Gasteiger partial charge in [0.15, 0.2) is 0 Å². The van der Waals surface area contributed by atoms with Crippen LogP contribution in [0, 0.1) is 0 Å². The van der Waals surface area contributed by atoms with E-state index in [1.807, 2.05) is 30.3 Å². The molecule has 2 atom stereocenters. The van der Waals surface area contributed by atoms with E-state index >= 15 is 0 Å². The van der Waals surface area contributed by atoms with Gasteiger partial charge >= 0.3 is 5.97 Å². The van der Waals surface area contributed by atoms with Gasteiger partial charge in [0.25, 0.3) is 5.91 Å². The van der Waals surface area contributed by atoms with Crippen LogP contribution < -0.4 is 10.6 Å². The molecule has 150 valence electrons. The van der Waals surface area contributed by atoms with Crippen molar-refractivity contribution in [3.8, 4) is 0 Å². The van der Waals surface area contributed by atoms with Crippen molar-refractivity contribution >= 4 is 57.6 Å². The van der Waals surface area contributed by atoms with Crippen LogP contribution in [0.3, 0.4) is 0 Å². The lowest BCUT2D eigenvalue weighted by molar-refractivity contribution is -0.150. The summed E-state index contributed by atoms with van der Waals surface area (Å²) < 4.78 is 0. The molecule has 2 amide bonds. The highest BCUT2D eigenvalue weighted by Gasteiger charge is 2.53. The quantitative estimate of drug-likeness (QED) is 0.629. The molecule has 4 rings (SSSR count). The fraction of sp³-hybridized carbons (Fsp3) is 0.250. The average Bonchev–Trinajstić information content (AvgIpc) is 2.69. The smallest absolute Gasteiger partial charge is 0.352 e. The molecule has 2 aliphatic rings. The summed E-state index contributed by atoms with van der Waals surface area (Å²) in [5.74, 6) is -1.33. The second-order valence-corrected chi connectivity index (χ2v) is 8.49. The van der Waals surface area contributed by atoms with Gasteiger partial charge in [-0.05, 0) is 47.5 Å². The Morgan fingerprint density at radius 2 is 1.97 bits per heavy atom. The van der Waals surface area contributed by atoms with Gasteiger partial charge in [0.2, 0.25) is 5.91 Å². The zero-order valence-corrected chi connectivity index (χ0v) is 17.0. The maximum Gasteiger partial charge on any atom is 0.352 e. The van der Waals surface area contributed by atoms with Crippen LogP contribution in [0.15, 0.2) is 47.7 Å². The molecule has 0 spiro atoms. The Hall–Kier alpha value is -2.71. The van der Waals surface area contributed by atoms with E-state index in [0.29, 0.717) is 16.3 Å². The van der Waals surface area contributed by atoms with Gasteiger partial charge in [-0.3, -0.25) is 14.5 Å². The molecule has 3 N–H and O–H groups in total. The molecule has 1 fully saturated rings. The van der Waals surface area contributed by atoms with E-state index in [9.17, 15) is 19.5 Å². The number of hydrogen-bond acceptors (Lipinski definition) is 5. The maximum absolute atomic E-state index is 12.4. The molecule has 2 heterocycles. The van der Waals surface area contributed by atoms with Crippen molar-refractivity contribution in [1.29, 1.82) is 0 Å². The van der Waals surface area contributed by atoms with E-state index in [-0.39, 0.29) is 23.5 Å². The average molecular weight is 432 g/mol. The number of carbonyl (C=O) groups is 3. The highest BCUT2D eigenvalue weighted by molar-refractivity contribution is 8.00. The Bertz CT molecular complexity index is 1070. The number of carboxylic acid groups (broad SMARTS) is 1. The number of nitrogens with one attached hydrogen (secondary N) is 2. The van der Waals surface area contributed by atoms with Crippen molar-refractivity contribution in [3.05, 3.63) is 52.7 Å². The van der Waals surface area contributed by atoms with Gasteiger partial charge in [0.1, 0.15) is 17.1 Å². The first-order valence-corrected chi connectivity index (χ1v) is 10.4. The normalized spacial score (nSPS) is 20.9. The van der Waals surface area contributed by atoms with E-state index < -0.39 is 17.9 Å². The number of rotatable bonds is 5. The molecule has 2 aliphatic heterocycles. The van der Waals surface area contributed by atoms with E-state index in [1.54, 1.807) is 13.0 Å². The third-order valence-corrected chi connectivity index (χ3v) is 6.59. The number of hydrogen-bond donors (Lipinski definition) is 3. The van der Waals surface area contributed by atoms with E-state index in [0.717, 1.165) is 16.5 Å². The molecule has 0 radical (unpaired) electrons. The van der Waals surface area contributed by atoms with Crippen LogP contribution in [0.5, 0.6) is 0 Å². The van der Waals surface area contributed by atoms with Crippen molar-refractivity contribution in [2.75, 3.05) is 17.6 Å². The second kappa shape index (κ2) is 7.61. The SMILES string of the molecule is CC1=C(C(=O)O)N2C(=O)C(NC(=O)CNc3ccc4cc(Cl)ccc4c3)[C@@H]2SC1. The molecular weight excluding hydrogens is 414 g/mol. The lowest BCUT2D eigenvalue weighted by Crippen LogP contribution is -2.70. The standard InChI is InChI=1S/C20H18ClN3O4S/c1-10-9-29-19-16(18(26)24(19)17(10)20(27)28)23-15(25)8-22-14-5-3-11-6-13(21)4-2-12(11)7-14/h2-7,16,19,22H,8-9H2,1H3,(H,23,25)(H,27,28)/t16?,19-/m0/s1. The fourth-order valence-electron chi connectivity index (χ4n) is 3.51. The Morgan fingerprint density at radius 1 is 1.24 bits per heavy atom. The van der Waals surface area contributed by atoms with Crippen molar-refractivity contribution in [3.63, 3.8) is 0 Å². The summed E-state index contributed by atoms with van der Waals surface area (Å²) in [6.07, 6.45) is 0.